The Morgan fingerprint density at radius 1 is 0.853 bits per heavy atom. The Morgan fingerprint density at radius 3 is 1.97 bits per heavy atom. The van der Waals surface area contributed by atoms with E-state index in [2.05, 4.69) is 15.5 Å². The highest BCUT2D eigenvalue weighted by Gasteiger charge is 2.20. The zero-order valence-corrected chi connectivity index (χ0v) is 19.8. The van der Waals surface area contributed by atoms with Gasteiger partial charge in [0.15, 0.2) is 11.5 Å². The van der Waals surface area contributed by atoms with Crippen LogP contribution in [0.3, 0.4) is 0 Å². The number of rotatable bonds is 8. The van der Waals surface area contributed by atoms with Gasteiger partial charge in [-0.3, -0.25) is 14.4 Å². The summed E-state index contributed by atoms with van der Waals surface area (Å²) in [5.41, 5.74) is 1.36. The number of anilines is 1. The molecule has 0 bridgehead atoms. The number of hydrogen-bond donors (Lipinski definition) is 2. The predicted octanol–water partition coefficient (Wildman–Crippen LogP) is 1.47. The molecule has 1 aliphatic rings. The van der Waals surface area contributed by atoms with Gasteiger partial charge in [0.2, 0.25) is 11.7 Å². The van der Waals surface area contributed by atoms with Gasteiger partial charge >= 0.3 is 0 Å². The van der Waals surface area contributed by atoms with E-state index in [-0.39, 0.29) is 18.0 Å². The number of ether oxygens (including phenoxy) is 3. The first-order valence-corrected chi connectivity index (χ1v) is 10.8. The van der Waals surface area contributed by atoms with Gasteiger partial charge in [0.05, 0.1) is 27.9 Å². The number of carbonyl (C=O) groups excluding carboxylic acids is 3. The van der Waals surface area contributed by atoms with E-state index in [1.807, 2.05) is 11.9 Å². The van der Waals surface area contributed by atoms with Crippen LogP contribution in [-0.2, 0) is 4.79 Å². The molecule has 0 saturated carbocycles. The van der Waals surface area contributed by atoms with E-state index in [0.717, 1.165) is 13.1 Å². The summed E-state index contributed by atoms with van der Waals surface area (Å²) in [6.45, 7) is 2.85. The second-order valence-corrected chi connectivity index (χ2v) is 7.82. The fourth-order valence-corrected chi connectivity index (χ4v) is 3.57. The van der Waals surface area contributed by atoms with Crippen LogP contribution in [0.2, 0.25) is 0 Å². The number of likely N-dealkylation sites (N-methyl/N-ethyl adjacent to an activating group) is 1. The monoisotopic (exact) mass is 470 g/mol. The van der Waals surface area contributed by atoms with E-state index in [4.69, 9.17) is 14.2 Å². The highest BCUT2D eigenvalue weighted by Crippen LogP contribution is 2.38. The van der Waals surface area contributed by atoms with Gasteiger partial charge in [0.25, 0.3) is 11.8 Å². The lowest BCUT2D eigenvalue weighted by molar-refractivity contribution is -0.115. The molecule has 0 aliphatic carbocycles. The normalized spacial score (nSPS) is 13.7. The number of nitrogens with one attached hydrogen (secondary N) is 2. The average molecular weight is 471 g/mol. The molecule has 1 saturated heterocycles. The Morgan fingerprint density at radius 2 is 1.44 bits per heavy atom. The molecule has 1 aliphatic heterocycles. The second kappa shape index (κ2) is 11.4. The maximum atomic E-state index is 12.6. The van der Waals surface area contributed by atoms with Crippen LogP contribution in [-0.4, -0.2) is 88.6 Å². The van der Waals surface area contributed by atoms with E-state index in [0.29, 0.717) is 41.6 Å². The molecule has 2 aromatic carbocycles. The van der Waals surface area contributed by atoms with Crippen molar-refractivity contribution in [3.63, 3.8) is 0 Å². The molecule has 10 heteroatoms. The Bertz CT molecular complexity index is 1010. The number of piperazine rings is 1. The smallest absolute Gasteiger partial charge is 0.253 e. The number of benzene rings is 2. The topological polar surface area (TPSA) is 109 Å². The standard InChI is InChI=1S/C24H30N4O6/c1-27-9-11-28(12-10-27)24(31)16-5-7-18(8-6-16)26-21(29)15-25-23(30)17-13-19(32-2)22(34-4)20(14-17)33-3/h5-8,13-14H,9-12,15H2,1-4H3,(H,25,30)(H,26,29). The summed E-state index contributed by atoms with van der Waals surface area (Å²) < 4.78 is 15.7. The molecule has 34 heavy (non-hydrogen) atoms. The average Bonchev–Trinajstić information content (AvgIpc) is 2.86. The second-order valence-electron chi connectivity index (χ2n) is 7.82. The van der Waals surface area contributed by atoms with Gasteiger partial charge in [-0.15, -0.1) is 0 Å². The molecule has 2 N–H and O–H groups in total. The molecule has 1 heterocycles. The number of amides is 3. The first-order valence-electron chi connectivity index (χ1n) is 10.8. The van der Waals surface area contributed by atoms with E-state index in [1.54, 1.807) is 24.3 Å². The molecule has 182 valence electrons. The van der Waals surface area contributed by atoms with Gasteiger partial charge in [-0.1, -0.05) is 0 Å². The third kappa shape index (κ3) is 5.96. The van der Waals surface area contributed by atoms with Crippen molar-refractivity contribution in [3.05, 3.63) is 47.5 Å². The summed E-state index contributed by atoms with van der Waals surface area (Å²) in [7, 11) is 6.42. The molecule has 0 atom stereocenters. The highest BCUT2D eigenvalue weighted by atomic mass is 16.5. The van der Waals surface area contributed by atoms with Crippen molar-refractivity contribution in [2.24, 2.45) is 0 Å². The number of methoxy groups -OCH3 is 3. The van der Waals surface area contributed by atoms with E-state index in [1.165, 1.54) is 33.5 Å². The van der Waals surface area contributed by atoms with Gasteiger partial charge in [-0.05, 0) is 43.4 Å². The van der Waals surface area contributed by atoms with Crippen molar-refractivity contribution in [1.82, 2.24) is 15.1 Å². The summed E-state index contributed by atoms with van der Waals surface area (Å²) in [5.74, 6) is 0.143. The third-order valence-electron chi connectivity index (χ3n) is 5.54. The number of nitrogens with zero attached hydrogens (tertiary/aromatic N) is 2. The van der Waals surface area contributed by atoms with Gasteiger partial charge in [-0.2, -0.15) is 0 Å². The molecule has 10 nitrogen and oxygen atoms in total. The van der Waals surface area contributed by atoms with Crippen molar-refractivity contribution in [1.29, 1.82) is 0 Å². The summed E-state index contributed by atoms with van der Waals surface area (Å²) in [6, 6.07) is 9.72. The van der Waals surface area contributed by atoms with Crippen LogP contribution in [0.25, 0.3) is 0 Å². The molecule has 0 unspecified atom stereocenters. The van der Waals surface area contributed by atoms with Gasteiger partial charge in [0.1, 0.15) is 0 Å². The van der Waals surface area contributed by atoms with Crippen molar-refractivity contribution >= 4 is 23.4 Å². The first kappa shape index (κ1) is 24.8. The molecule has 2 aromatic rings. The summed E-state index contributed by atoms with van der Waals surface area (Å²) in [6.07, 6.45) is 0. The molecule has 1 fully saturated rings. The van der Waals surface area contributed by atoms with Gasteiger partial charge in [0, 0.05) is 43.0 Å². The zero-order chi connectivity index (χ0) is 24.7. The Hall–Kier alpha value is -3.79. The van der Waals surface area contributed by atoms with Crippen LogP contribution in [0.15, 0.2) is 36.4 Å². The minimum absolute atomic E-state index is 0.0245. The van der Waals surface area contributed by atoms with Crippen LogP contribution in [0.5, 0.6) is 17.2 Å². The summed E-state index contributed by atoms with van der Waals surface area (Å²) in [4.78, 5) is 41.5. The van der Waals surface area contributed by atoms with Crippen LogP contribution in [0.1, 0.15) is 20.7 Å². The maximum Gasteiger partial charge on any atom is 0.253 e. The molecule has 3 amide bonds. The Balaban J connectivity index is 1.55. The van der Waals surface area contributed by atoms with Gasteiger partial charge in [-0.25, -0.2) is 0 Å². The molecule has 3 rings (SSSR count). The highest BCUT2D eigenvalue weighted by molar-refractivity contribution is 6.00. The minimum atomic E-state index is -0.470. The van der Waals surface area contributed by atoms with E-state index >= 15 is 0 Å². The van der Waals surface area contributed by atoms with Crippen LogP contribution in [0.4, 0.5) is 5.69 Å². The summed E-state index contributed by atoms with van der Waals surface area (Å²) in [5, 5.41) is 5.28. The van der Waals surface area contributed by atoms with Crippen molar-refractivity contribution in [2.75, 3.05) is 66.4 Å². The lowest BCUT2D eigenvalue weighted by Gasteiger charge is -2.32. The maximum absolute atomic E-state index is 12.6. The van der Waals surface area contributed by atoms with Crippen molar-refractivity contribution in [2.45, 2.75) is 0 Å². The third-order valence-corrected chi connectivity index (χ3v) is 5.54. The fourth-order valence-electron chi connectivity index (χ4n) is 3.57. The molecular weight excluding hydrogens is 440 g/mol. The van der Waals surface area contributed by atoms with Crippen LogP contribution in [0, 0.1) is 0 Å². The van der Waals surface area contributed by atoms with E-state index < -0.39 is 11.8 Å². The molecule has 0 spiro atoms. The van der Waals surface area contributed by atoms with Crippen LogP contribution >= 0.6 is 0 Å². The predicted molar refractivity (Wildman–Crippen MR) is 127 cm³/mol. The minimum Gasteiger partial charge on any atom is -0.493 e. The molecular formula is C24H30N4O6. The number of hydrogen-bond acceptors (Lipinski definition) is 7. The lowest BCUT2D eigenvalue weighted by Crippen LogP contribution is -2.47. The molecule has 0 aromatic heterocycles. The van der Waals surface area contributed by atoms with Crippen molar-refractivity contribution < 1.29 is 28.6 Å². The summed E-state index contributed by atoms with van der Waals surface area (Å²) >= 11 is 0. The Kier molecular flexibility index (Phi) is 8.31. The van der Waals surface area contributed by atoms with Gasteiger partial charge < -0.3 is 34.6 Å². The number of carbonyl (C=O) groups is 3. The SMILES string of the molecule is COc1cc(C(=O)NCC(=O)Nc2ccc(C(=O)N3CCN(C)CC3)cc2)cc(OC)c1OC. The van der Waals surface area contributed by atoms with E-state index in [9.17, 15) is 14.4 Å². The quantitative estimate of drug-likeness (QED) is 0.601. The Labute approximate surface area is 198 Å². The zero-order valence-electron chi connectivity index (χ0n) is 19.8. The van der Waals surface area contributed by atoms with Crippen molar-refractivity contribution in [3.8, 4) is 17.2 Å². The molecule has 0 radical (unpaired) electrons. The fraction of sp³-hybridized carbons (Fsp3) is 0.375. The first-order chi connectivity index (χ1) is 16.4. The lowest BCUT2D eigenvalue weighted by atomic mass is 10.1. The van der Waals surface area contributed by atoms with Crippen LogP contribution < -0.4 is 24.8 Å². The largest absolute Gasteiger partial charge is 0.493 e.